The molecule has 33 heavy (non-hydrogen) atoms. The Morgan fingerprint density at radius 3 is 2.15 bits per heavy atom. The first-order valence-electron chi connectivity index (χ1n) is 11.6. The van der Waals surface area contributed by atoms with Crippen molar-refractivity contribution in [2.24, 2.45) is 5.92 Å². The average molecular weight is 475 g/mol. The molecule has 1 amide bonds. The van der Waals surface area contributed by atoms with Gasteiger partial charge in [-0.25, -0.2) is 13.7 Å². The standard InChI is InChI=1S/C26H38N2O4S/c1-25(2,3)32-24(29)28-14-12-18(13-15-28)23(27-33(30)26(4,5)6)21-16-19-10-8-9-11-20(19)17-22(21)31-7/h8-11,16-18,23,27H,12-15H2,1-7H3/t23-,33+/m1/s1. The van der Waals surface area contributed by atoms with Crippen LogP contribution < -0.4 is 9.46 Å². The highest BCUT2D eigenvalue weighted by Gasteiger charge is 2.35. The lowest BCUT2D eigenvalue weighted by atomic mass is 9.85. The number of rotatable bonds is 5. The molecule has 7 heteroatoms. The Hall–Kier alpha value is -2.12. The van der Waals surface area contributed by atoms with E-state index in [1.165, 1.54) is 0 Å². The Kier molecular flexibility index (Phi) is 7.74. The molecule has 3 rings (SSSR count). The van der Waals surface area contributed by atoms with Crippen LogP contribution in [0.5, 0.6) is 5.75 Å². The number of piperidine rings is 1. The second-order valence-electron chi connectivity index (χ2n) is 10.7. The molecule has 2 aromatic rings. The van der Waals surface area contributed by atoms with Gasteiger partial charge >= 0.3 is 6.09 Å². The molecule has 0 aromatic heterocycles. The summed E-state index contributed by atoms with van der Waals surface area (Å²) >= 11 is 0. The lowest BCUT2D eigenvalue weighted by Crippen LogP contribution is -2.45. The van der Waals surface area contributed by atoms with E-state index in [1.54, 1.807) is 12.0 Å². The number of fused-ring (bicyclic) bond motifs is 1. The molecule has 1 heterocycles. The Balaban J connectivity index is 1.90. The number of carbonyl (C=O) groups is 1. The number of carbonyl (C=O) groups excluding carboxylic acids is 1. The zero-order valence-electron chi connectivity index (χ0n) is 20.9. The number of nitrogens with one attached hydrogen (secondary N) is 1. The molecule has 0 bridgehead atoms. The summed E-state index contributed by atoms with van der Waals surface area (Å²) in [6.07, 6.45) is 1.30. The quantitative estimate of drug-likeness (QED) is 0.613. The van der Waals surface area contributed by atoms with E-state index >= 15 is 0 Å². The molecule has 1 fully saturated rings. The van der Waals surface area contributed by atoms with Gasteiger partial charge < -0.3 is 14.4 Å². The SMILES string of the molecule is COc1cc2ccccc2cc1[C@H](N[S@@](=O)C(C)(C)C)C1CCN(C(=O)OC(C)(C)C)CC1. The van der Waals surface area contributed by atoms with E-state index < -0.39 is 21.3 Å². The second-order valence-corrected chi connectivity index (χ2v) is 12.7. The molecule has 0 saturated carbocycles. The van der Waals surface area contributed by atoms with Crippen molar-refractivity contribution in [1.29, 1.82) is 0 Å². The largest absolute Gasteiger partial charge is 0.496 e. The van der Waals surface area contributed by atoms with E-state index in [2.05, 4.69) is 29.0 Å². The molecule has 0 radical (unpaired) electrons. The van der Waals surface area contributed by atoms with E-state index in [0.29, 0.717) is 13.1 Å². The molecule has 0 aliphatic carbocycles. The first kappa shape index (κ1) is 25.5. The molecule has 182 valence electrons. The molecule has 2 atom stereocenters. The Labute approximate surface area is 200 Å². The van der Waals surface area contributed by atoms with E-state index in [0.717, 1.165) is 34.9 Å². The lowest BCUT2D eigenvalue weighted by molar-refractivity contribution is 0.0172. The van der Waals surface area contributed by atoms with Gasteiger partial charge in [-0.15, -0.1) is 0 Å². The highest BCUT2D eigenvalue weighted by Crippen LogP contribution is 2.39. The molecular formula is C26H38N2O4S. The summed E-state index contributed by atoms with van der Waals surface area (Å²) in [6, 6.07) is 12.2. The fourth-order valence-electron chi connectivity index (χ4n) is 4.10. The Morgan fingerprint density at radius 2 is 1.64 bits per heavy atom. The minimum atomic E-state index is -1.26. The molecular weight excluding hydrogens is 436 g/mol. The normalized spacial score (nSPS) is 17.6. The van der Waals surface area contributed by atoms with E-state index in [9.17, 15) is 9.00 Å². The van der Waals surface area contributed by atoms with Gasteiger partial charge in [0.25, 0.3) is 0 Å². The maximum Gasteiger partial charge on any atom is 0.410 e. The van der Waals surface area contributed by atoms with E-state index in [4.69, 9.17) is 9.47 Å². The van der Waals surface area contributed by atoms with Crippen molar-refractivity contribution in [3.8, 4) is 5.75 Å². The topological polar surface area (TPSA) is 67.9 Å². The van der Waals surface area contributed by atoms with Gasteiger partial charge in [0.15, 0.2) is 0 Å². The summed E-state index contributed by atoms with van der Waals surface area (Å²) < 4.78 is 27.5. The summed E-state index contributed by atoms with van der Waals surface area (Å²) in [5.41, 5.74) is 0.490. The van der Waals surface area contributed by atoms with Crippen LogP contribution in [0.15, 0.2) is 36.4 Å². The van der Waals surface area contributed by atoms with Crippen LogP contribution in [0.2, 0.25) is 0 Å². The minimum Gasteiger partial charge on any atom is -0.496 e. The predicted octanol–water partition coefficient (Wildman–Crippen LogP) is 5.59. The van der Waals surface area contributed by atoms with Gasteiger partial charge in [0, 0.05) is 18.7 Å². The zero-order chi connectivity index (χ0) is 24.4. The highest BCUT2D eigenvalue weighted by atomic mass is 32.2. The number of benzene rings is 2. The fourth-order valence-corrected chi connectivity index (χ4v) is 5.01. The van der Waals surface area contributed by atoms with Gasteiger partial charge in [0.05, 0.1) is 28.9 Å². The number of nitrogens with zero attached hydrogens (tertiary/aromatic N) is 1. The smallest absolute Gasteiger partial charge is 0.410 e. The van der Waals surface area contributed by atoms with Crippen LogP contribution in [0.25, 0.3) is 10.8 Å². The van der Waals surface area contributed by atoms with Crippen molar-refractivity contribution in [1.82, 2.24) is 9.62 Å². The molecule has 0 spiro atoms. The lowest BCUT2D eigenvalue weighted by Gasteiger charge is -2.38. The molecule has 1 aliphatic rings. The van der Waals surface area contributed by atoms with Gasteiger partial charge in [0.2, 0.25) is 0 Å². The minimum absolute atomic E-state index is 0.162. The van der Waals surface area contributed by atoms with Gasteiger partial charge in [0.1, 0.15) is 11.4 Å². The first-order chi connectivity index (χ1) is 15.4. The number of likely N-dealkylation sites (tertiary alicyclic amines) is 1. The van der Waals surface area contributed by atoms with Crippen LogP contribution in [0.1, 0.15) is 66.0 Å². The highest BCUT2D eigenvalue weighted by molar-refractivity contribution is 7.84. The van der Waals surface area contributed by atoms with Gasteiger partial charge in [-0.05, 0) is 83.2 Å². The van der Waals surface area contributed by atoms with Crippen molar-refractivity contribution < 1.29 is 18.5 Å². The van der Waals surface area contributed by atoms with Crippen molar-refractivity contribution in [2.75, 3.05) is 20.2 Å². The first-order valence-corrected chi connectivity index (χ1v) is 12.8. The van der Waals surface area contributed by atoms with Crippen molar-refractivity contribution >= 4 is 27.9 Å². The molecule has 2 aromatic carbocycles. The van der Waals surface area contributed by atoms with Crippen LogP contribution in [0.4, 0.5) is 4.79 Å². The summed E-state index contributed by atoms with van der Waals surface area (Å²) in [5.74, 6) is 0.983. The average Bonchev–Trinajstić information content (AvgIpc) is 2.74. The van der Waals surface area contributed by atoms with Crippen LogP contribution in [-0.4, -0.2) is 45.7 Å². The number of hydrogen-bond acceptors (Lipinski definition) is 4. The van der Waals surface area contributed by atoms with Crippen molar-refractivity contribution in [2.45, 2.75) is 70.8 Å². The number of hydrogen-bond donors (Lipinski definition) is 1. The Bertz CT molecular complexity index is 1000. The maximum atomic E-state index is 13.2. The van der Waals surface area contributed by atoms with Crippen LogP contribution in [-0.2, 0) is 15.7 Å². The fraction of sp³-hybridized carbons (Fsp3) is 0.577. The van der Waals surface area contributed by atoms with Gasteiger partial charge in [-0.1, -0.05) is 24.3 Å². The van der Waals surface area contributed by atoms with Crippen LogP contribution in [0, 0.1) is 5.92 Å². The van der Waals surface area contributed by atoms with Crippen molar-refractivity contribution in [3.05, 3.63) is 42.0 Å². The molecule has 6 nitrogen and oxygen atoms in total. The summed E-state index contributed by atoms with van der Waals surface area (Å²) in [6.45, 7) is 12.8. The maximum absolute atomic E-state index is 13.2. The van der Waals surface area contributed by atoms with Crippen LogP contribution in [0.3, 0.4) is 0 Å². The molecule has 1 aliphatic heterocycles. The number of amides is 1. The number of ether oxygens (including phenoxy) is 2. The molecule has 1 saturated heterocycles. The third-order valence-electron chi connectivity index (χ3n) is 5.89. The summed E-state index contributed by atoms with van der Waals surface area (Å²) in [5, 5.41) is 2.22. The third-order valence-corrected chi connectivity index (χ3v) is 7.47. The second kappa shape index (κ2) is 10.0. The summed E-state index contributed by atoms with van der Waals surface area (Å²) in [7, 11) is 0.422. The molecule has 1 N–H and O–H groups in total. The third kappa shape index (κ3) is 6.48. The monoisotopic (exact) mass is 474 g/mol. The van der Waals surface area contributed by atoms with Crippen molar-refractivity contribution in [3.63, 3.8) is 0 Å². The Morgan fingerprint density at radius 1 is 1.06 bits per heavy atom. The van der Waals surface area contributed by atoms with Crippen LogP contribution >= 0.6 is 0 Å². The number of methoxy groups -OCH3 is 1. The van der Waals surface area contributed by atoms with E-state index in [1.807, 2.05) is 53.7 Å². The molecule has 0 unspecified atom stereocenters. The van der Waals surface area contributed by atoms with E-state index in [-0.39, 0.29) is 18.1 Å². The van der Waals surface area contributed by atoms with Gasteiger partial charge in [-0.3, -0.25) is 0 Å². The predicted molar refractivity (Wildman–Crippen MR) is 135 cm³/mol. The zero-order valence-corrected chi connectivity index (χ0v) is 21.8. The summed E-state index contributed by atoms with van der Waals surface area (Å²) in [4.78, 5) is 14.3. The van der Waals surface area contributed by atoms with Gasteiger partial charge in [-0.2, -0.15) is 0 Å².